The van der Waals surface area contributed by atoms with E-state index in [2.05, 4.69) is 13.8 Å². The number of hydrogen-bond acceptors (Lipinski definition) is 2. The van der Waals surface area contributed by atoms with Crippen molar-refractivity contribution < 1.29 is 9.53 Å². The van der Waals surface area contributed by atoms with Gasteiger partial charge < -0.3 is 4.74 Å². The maximum Gasteiger partial charge on any atom is 0.141 e. The Balaban J connectivity index is 1.69. The number of Topliss-reactive ketones (excluding diaryl/α,β-unsaturated/α-hetero) is 1. The van der Waals surface area contributed by atoms with E-state index in [-0.39, 0.29) is 11.5 Å². The van der Waals surface area contributed by atoms with Crippen LogP contribution in [0.1, 0.15) is 71.6 Å². The highest BCUT2D eigenvalue weighted by atomic mass is 16.5. The minimum atomic E-state index is -0.0836. The molecular weight excluding hydrogens is 272 g/mol. The molecule has 0 heterocycles. The van der Waals surface area contributed by atoms with Gasteiger partial charge in [-0.2, -0.15) is 0 Å². The molecule has 0 spiro atoms. The first-order valence-electron chi connectivity index (χ1n) is 9.57. The van der Waals surface area contributed by atoms with Crippen molar-refractivity contribution in [2.75, 3.05) is 7.11 Å². The molecule has 124 valence electrons. The Kier molecular flexibility index (Phi) is 3.49. The van der Waals surface area contributed by atoms with E-state index in [1.165, 1.54) is 44.9 Å². The summed E-state index contributed by atoms with van der Waals surface area (Å²) in [5.74, 6) is 3.50. The lowest BCUT2D eigenvalue weighted by Crippen LogP contribution is -2.54. The van der Waals surface area contributed by atoms with Crippen molar-refractivity contribution in [3.63, 3.8) is 0 Å². The molecule has 0 radical (unpaired) electrons. The number of fused-ring (bicyclic) bond motifs is 5. The summed E-state index contributed by atoms with van der Waals surface area (Å²) in [7, 11) is 1.82. The fraction of sp³-hybridized carbons (Fsp3) is 0.950. The minimum absolute atomic E-state index is 0.0836. The Morgan fingerprint density at radius 1 is 1.05 bits per heavy atom. The number of carbonyl (C=O) groups is 1. The van der Waals surface area contributed by atoms with Gasteiger partial charge in [-0.25, -0.2) is 0 Å². The van der Waals surface area contributed by atoms with Crippen molar-refractivity contribution in [2.24, 2.45) is 34.5 Å². The van der Waals surface area contributed by atoms with E-state index in [0.717, 1.165) is 24.2 Å². The fourth-order valence-corrected chi connectivity index (χ4v) is 7.33. The van der Waals surface area contributed by atoms with Gasteiger partial charge in [0.15, 0.2) is 0 Å². The summed E-state index contributed by atoms with van der Waals surface area (Å²) in [5.41, 5.74) is 0.464. The Morgan fingerprint density at radius 2 is 1.86 bits per heavy atom. The van der Waals surface area contributed by atoms with Crippen molar-refractivity contribution >= 4 is 5.78 Å². The van der Waals surface area contributed by atoms with Crippen LogP contribution in [0, 0.1) is 34.5 Å². The summed E-state index contributed by atoms with van der Waals surface area (Å²) < 4.78 is 5.81. The molecule has 4 aliphatic rings. The van der Waals surface area contributed by atoms with Crippen LogP contribution in [-0.2, 0) is 9.53 Å². The molecule has 0 aromatic carbocycles. The number of ketones is 1. The second-order valence-corrected chi connectivity index (χ2v) is 9.18. The molecule has 0 aliphatic heterocycles. The summed E-state index contributed by atoms with van der Waals surface area (Å²) in [6, 6.07) is 0. The predicted molar refractivity (Wildman–Crippen MR) is 87.5 cm³/mol. The van der Waals surface area contributed by atoms with Crippen LogP contribution in [0.25, 0.3) is 0 Å². The smallest absolute Gasteiger partial charge is 0.141 e. The van der Waals surface area contributed by atoms with Crippen LogP contribution in [0.4, 0.5) is 0 Å². The first-order valence-corrected chi connectivity index (χ1v) is 9.57. The second kappa shape index (κ2) is 5.06. The van der Waals surface area contributed by atoms with E-state index in [4.69, 9.17) is 4.74 Å². The molecule has 7 atom stereocenters. The second-order valence-electron chi connectivity index (χ2n) is 9.18. The predicted octanol–water partition coefficient (Wildman–Crippen LogP) is 4.61. The number of carbonyl (C=O) groups excluding carboxylic acids is 1. The zero-order chi connectivity index (χ0) is 15.5. The van der Waals surface area contributed by atoms with Crippen molar-refractivity contribution in [3.8, 4) is 0 Å². The van der Waals surface area contributed by atoms with Crippen molar-refractivity contribution in [1.29, 1.82) is 0 Å². The summed E-state index contributed by atoms with van der Waals surface area (Å²) in [5, 5.41) is 0. The van der Waals surface area contributed by atoms with Crippen LogP contribution in [0.5, 0.6) is 0 Å². The molecule has 2 nitrogen and oxygen atoms in total. The fourth-order valence-electron chi connectivity index (χ4n) is 7.33. The summed E-state index contributed by atoms with van der Waals surface area (Å²) >= 11 is 0. The quantitative estimate of drug-likeness (QED) is 0.707. The first-order chi connectivity index (χ1) is 10.5. The molecule has 0 aromatic rings. The monoisotopic (exact) mass is 304 g/mol. The molecule has 0 aromatic heterocycles. The van der Waals surface area contributed by atoms with Gasteiger partial charge in [0.05, 0.1) is 6.10 Å². The third kappa shape index (κ3) is 1.85. The first kappa shape index (κ1) is 15.2. The Morgan fingerprint density at radius 3 is 2.64 bits per heavy atom. The van der Waals surface area contributed by atoms with Gasteiger partial charge in [0.25, 0.3) is 0 Å². The third-order valence-corrected chi connectivity index (χ3v) is 8.56. The summed E-state index contributed by atoms with van der Waals surface area (Å²) in [4.78, 5) is 12.7. The van der Waals surface area contributed by atoms with Crippen LogP contribution in [0.3, 0.4) is 0 Å². The Labute approximate surface area is 135 Å². The lowest BCUT2D eigenvalue weighted by atomic mass is 9.45. The van der Waals surface area contributed by atoms with Crippen LogP contribution in [0.2, 0.25) is 0 Å². The van der Waals surface area contributed by atoms with Gasteiger partial charge in [0, 0.05) is 24.9 Å². The minimum Gasteiger partial charge on any atom is -0.381 e. The molecule has 0 saturated heterocycles. The van der Waals surface area contributed by atoms with E-state index < -0.39 is 0 Å². The lowest BCUT2D eigenvalue weighted by molar-refractivity contribution is -0.144. The molecule has 0 amide bonds. The Bertz CT molecular complexity index is 472. The summed E-state index contributed by atoms with van der Waals surface area (Å²) in [6.07, 6.45) is 11.7. The average Bonchev–Trinajstić information content (AvgIpc) is 2.78. The maximum atomic E-state index is 12.7. The molecule has 0 N–H and O–H groups in total. The number of rotatable bonds is 1. The molecule has 22 heavy (non-hydrogen) atoms. The van der Waals surface area contributed by atoms with E-state index in [9.17, 15) is 4.79 Å². The van der Waals surface area contributed by atoms with Gasteiger partial charge in [0.2, 0.25) is 0 Å². The van der Waals surface area contributed by atoms with Crippen LogP contribution in [0.15, 0.2) is 0 Å². The molecule has 4 fully saturated rings. The van der Waals surface area contributed by atoms with Gasteiger partial charge in [-0.15, -0.1) is 0 Å². The lowest BCUT2D eigenvalue weighted by Gasteiger charge is -2.60. The highest BCUT2D eigenvalue weighted by Gasteiger charge is 2.62. The van der Waals surface area contributed by atoms with E-state index >= 15 is 0 Å². The SMILES string of the molecule is CO[C@@H]1CC(=O)[C@]2(C)CC[C@@H]3[C@H](CC[C@H]4CCCC[C@]43C)[C@@H]12. The molecule has 0 bridgehead atoms. The Hall–Kier alpha value is -0.370. The third-order valence-electron chi connectivity index (χ3n) is 8.56. The van der Waals surface area contributed by atoms with Gasteiger partial charge in [-0.05, 0) is 61.7 Å². The zero-order valence-electron chi connectivity index (χ0n) is 14.6. The number of ether oxygens (including phenoxy) is 1. The maximum absolute atomic E-state index is 12.7. The van der Waals surface area contributed by atoms with Crippen molar-refractivity contribution in [3.05, 3.63) is 0 Å². The normalized spacial score (nSPS) is 54.5. The molecular formula is C20H32O2. The van der Waals surface area contributed by atoms with Gasteiger partial charge >= 0.3 is 0 Å². The van der Waals surface area contributed by atoms with E-state index in [1.54, 1.807) is 0 Å². The van der Waals surface area contributed by atoms with Gasteiger partial charge in [-0.1, -0.05) is 26.7 Å². The average molecular weight is 304 g/mol. The summed E-state index contributed by atoms with van der Waals surface area (Å²) in [6.45, 7) is 4.85. The van der Waals surface area contributed by atoms with Gasteiger partial charge in [-0.3, -0.25) is 4.79 Å². The van der Waals surface area contributed by atoms with Crippen molar-refractivity contribution in [1.82, 2.24) is 0 Å². The molecule has 4 aliphatic carbocycles. The van der Waals surface area contributed by atoms with Gasteiger partial charge in [0.1, 0.15) is 5.78 Å². The van der Waals surface area contributed by atoms with Crippen LogP contribution >= 0.6 is 0 Å². The van der Waals surface area contributed by atoms with Crippen LogP contribution < -0.4 is 0 Å². The number of methoxy groups -OCH3 is 1. The highest BCUT2D eigenvalue weighted by molar-refractivity contribution is 5.88. The topological polar surface area (TPSA) is 26.3 Å². The van der Waals surface area contributed by atoms with E-state index in [0.29, 0.717) is 23.5 Å². The number of hydrogen-bond donors (Lipinski definition) is 0. The molecule has 4 saturated carbocycles. The standard InChI is InChI=1S/C20H32O2/c1-19-10-5-4-6-13(19)7-8-14-15(19)9-11-20(2)17(21)12-16(22-3)18(14)20/h13-16,18H,4-12H2,1-3H3/t13-,14+,15-,16-,18+,19-,20+/m1/s1. The molecule has 0 unspecified atom stereocenters. The van der Waals surface area contributed by atoms with Crippen LogP contribution in [-0.4, -0.2) is 19.0 Å². The molecule has 4 rings (SSSR count). The molecule has 2 heteroatoms. The zero-order valence-corrected chi connectivity index (χ0v) is 14.6. The van der Waals surface area contributed by atoms with Crippen molar-refractivity contribution in [2.45, 2.75) is 77.7 Å². The van der Waals surface area contributed by atoms with E-state index in [1.807, 2.05) is 7.11 Å². The largest absolute Gasteiger partial charge is 0.381 e. The highest BCUT2D eigenvalue weighted by Crippen LogP contribution is 2.65.